The van der Waals surface area contributed by atoms with E-state index in [0.29, 0.717) is 0 Å². The van der Waals surface area contributed by atoms with Gasteiger partial charge in [-0.3, -0.25) is 14.9 Å². The molecule has 0 aliphatic heterocycles. The Morgan fingerprint density at radius 3 is 2.30 bits per heavy atom. The van der Waals surface area contributed by atoms with Gasteiger partial charge in [0, 0.05) is 6.07 Å². The number of carbonyl (C=O) groups is 1. The Morgan fingerprint density at radius 2 is 1.85 bits per heavy atom. The number of hydrogen-bond donors (Lipinski definition) is 4. The molecule has 0 saturated carbocycles. The molecule has 0 unspecified atom stereocenters. The number of amides is 1. The first kappa shape index (κ1) is 16.3. The van der Waals surface area contributed by atoms with E-state index in [4.69, 9.17) is 26.9 Å². The number of hydrogen-bond acceptors (Lipinski definition) is 6. The molecule has 1 amide bonds. The predicted molar refractivity (Wildman–Crippen MR) is 69.6 cm³/mol. The fourth-order valence-corrected chi connectivity index (χ4v) is 1.72. The largest absolute Gasteiger partial charge is 0.394 e. The van der Waals surface area contributed by atoms with Crippen molar-refractivity contribution >= 4 is 23.2 Å². The van der Waals surface area contributed by atoms with Crippen LogP contribution in [0.2, 0.25) is 5.02 Å². The number of rotatable bonds is 6. The molecule has 0 radical (unpaired) electrons. The van der Waals surface area contributed by atoms with Crippen molar-refractivity contribution in [3.8, 4) is 0 Å². The maximum absolute atomic E-state index is 12.0. The van der Waals surface area contributed by atoms with Crippen molar-refractivity contribution in [1.29, 1.82) is 0 Å². The summed E-state index contributed by atoms with van der Waals surface area (Å²) in [6.45, 7) is -2.24. The number of carbonyl (C=O) groups excluding carboxylic acids is 1. The van der Waals surface area contributed by atoms with E-state index in [1.54, 1.807) is 0 Å². The van der Waals surface area contributed by atoms with Gasteiger partial charge >= 0.3 is 0 Å². The summed E-state index contributed by atoms with van der Waals surface area (Å²) >= 11 is 5.77. The zero-order valence-corrected chi connectivity index (χ0v) is 11.0. The third-order valence-corrected chi connectivity index (χ3v) is 3.02. The molecule has 0 bridgehead atoms. The summed E-state index contributed by atoms with van der Waals surface area (Å²) < 4.78 is 0. The maximum atomic E-state index is 12.0. The SMILES string of the molecule is O=C(NC(CO)(CO)CO)c1c(Cl)cccc1[N+](=O)[O-]. The monoisotopic (exact) mass is 304 g/mol. The molecular formula is C11H13ClN2O6. The highest BCUT2D eigenvalue weighted by molar-refractivity contribution is 6.34. The molecule has 1 aromatic carbocycles. The first-order valence-electron chi connectivity index (χ1n) is 5.49. The zero-order valence-electron chi connectivity index (χ0n) is 10.2. The number of aliphatic hydroxyl groups excluding tert-OH is 3. The molecule has 0 aliphatic rings. The van der Waals surface area contributed by atoms with Crippen LogP contribution >= 0.6 is 11.6 Å². The second-order valence-electron chi connectivity index (χ2n) is 4.10. The van der Waals surface area contributed by atoms with Crippen LogP contribution in [0.4, 0.5) is 5.69 Å². The van der Waals surface area contributed by atoms with Gasteiger partial charge in [-0.05, 0) is 6.07 Å². The lowest BCUT2D eigenvalue weighted by Crippen LogP contribution is -2.57. The fourth-order valence-electron chi connectivity index (χ4n) is 1.46. The summed E-state index contributed by atoms with van der Waals surface area (Å²) in [5, 5.41) is 40.2. The highest BCUT2D eigenvalue weighted by Gasteiger charge is 2.33. The van der Waals surface area contributed by atoms with E-state index in [1.165, 1.54) is 12.1 Å². The highest BCUT2D eigenvalue weighted by Crippen LogP contribution is 2.26. The Labute approximate surface area is 118 Å². The molecule has 110 valence electrons. The van der Waals surface area contributed by atoms with E-state index in [-0.39, 0.29) is 5.02 Å². The number of halogens is 1. The first-order valence-corrected chi connectivity index (χ1v) is 5.86. The molecule has 8 nitrogen and oxygen atoms in total. The molecule has 0 aliphatic carbocycles. The minimum absolute atomic E-state index is 0.153. The van der Waals surface area contributed by atoms with Crippen LogP contribution < -0.4 is 5.32 Å². The number of benzene rings is 1. The molecule has 0 atom stereocenters. The number of nitro groups is 1. The Balaban J connectivity index is 3.19. The number of nitro benzene ring substituents is 1. The van der Waals surface area contributed by atoms with Crippen molar-refractivity contribution in [3.63, 3.8) is 0 Å². The highest BCUT2D eigenvalue weighted by atomic mass is 35.5. The van der Waals surface area contributed by atoms with Gasteiger partial charge in [-0.25, -0.2) is 0 Å². The smallest absolute Gasteiger partial charge is 0.283 e. The number of nitrogens with one attached hydrogen (secondary N) is 1. The summed E-state index contributed by atoms with van der Waals surface area (Å²) in [4.78, 5) is 22.1. The van der Waals surface area contributed by atoms with Gasteiger partial charge in [0.1, 0.15) is 11.1 Å². The summed E-state index contributed by atoms with van der Waals surface area (Å²) in [5.74, 6) is -0.973. The van der Waals surface area contributed by atoms with E-state index in [9.17, 15) is 14.9 Å². The minimum atomic E-state index is -1.69. The van der Waals surface area contributed by atoms with Crippen molar-refractivity contribution in [2.45, 2.75) is 5.54 Å². The maximum Gasteiger partial charge on any atom is 0.283 e. The van der Waals surface area contributed by atoms with Crippen molar-refractivity contribution in [2.24, 2.45) is 0 Å². The third kappa shape index (κ3) is 3.23. The lowest BCUT2D eigenvalue weighted by Gasteiger charge is -2.28. The van der Waals surface area contributed by atoms with Crippen LogP contribution in [-0.2, 0) is 0 Å². The van der Waals surface area contributed by atoms with Crippen LogP contribution in [0.3, 0.4) is 0 Å². The molecule has 9 heteroatoms. The Kier molecular flexibility index (Phi) is 5.40. The van der Waals surface area contributed by atoms with Crippen LogP contribution in [0.15, 0.2) is 18.2 Å². The van der Waals surface area contributed by atoms with Gasteiger partial charge < -0.3 is 20.6 Å². The molecule has 0 saturated heterocycles. The lowest BCUT2D eigenvalue weighted by molar-refractivity contribution is -0.385. The molecule has 0 aromatic heterocycles. The van der Waals surface area contributed by atoms with Crippen LogP contribution in [0.1, 0.15) is 10.4 Å². The normalized spacial score (nSPS) is 11.2. The lowest BCUT2D eigenvalue weighted by atomic mass is 10.0. The average molecular weight is 305 g/mol. The third-order valence-electron chi connectivity index (χ3n) is 2.70. The first-order chi connectivity index (χ1) is 9.40. The molecule has 1 aromatic rings. The van der Waals surface area contributed by atoms with Gasteiger partial charge in [0.05, 0.1) is 29.8 Å². The fraction of sp³-hybridized carbons (Fsp3) is 0.364. The topological polar surface area (TPSA) is 133 Å². The average Bonchev–Trinajstić information content (AvgIpc) is 2.44. The molecule has 20 heavy (non-hydrogen) atoms. The van der Waals surface area contributed by atoms with Crippen LogP contribution in [0, 0.1) is 10.1 Å². The summed E-state index contributed by atoms with van der Waals surface area (Å²) in [6.07, 6.45) is 0. The second-order valence-corrected chi connectivity index (χ2v) is 4.51. The molecule has 0 spiro atoms. The second kappa shape index (κ2) is 6.62. The van der Waals surface area contributed by atoms with Crippen molar-refractivity contribution in [1.82, 2.24) is 5.32 Å². The molecule has 0 fully saturated rings. The summed E-state index contributed by atoms with van der Waals surface area (Å²) in [7, 11) is 0. The van der Waals surface area contributed by atoms with Gasteiger partial charge in [-0.1, -0.05) is 17.7 Å². The Hall–Kier alpha value is -1.74. The molecular weight excluding hydrogens is 292 g/mol. The van der Waals surface area contributed by atoms with Crippen LogP contribution in [0.5, 0.6) is 0 Å². The number of nitrogens with zero attached hydrogens (tertiary/aromatic N) is 1. The summed E-state index contributed by atoms with van der Waals surface area (Å²) in [5.41, 5.74) is -2.61. The predicted octanol–water partition coefficient (Wildman–Crippen LogP) is -0.306. The van der Waals surface area contributed by atoms with E-state index < -0.39 is 47.4 Å². The molecule has 4 N–H and O–H groups in total. The van der Waals surface area contributed by atoms with E-state index in [2.05, 4.69) is 5.32 Å². The van der Waals surface area contributed by atoms with Crippen LogP contribution in [0.25, 0.3) is 0 Å². The van der Waals surface area contributed by atoms with E-state index in [0.717, 1.165) is 6.07 Å². The zero-order chi connectivity index (χ0) is 15.3. The standard InChI is InChI=1S/C11H13ClN2O6/c12-7-2-1-3-8(14(19)20)9(7)10(18)13-11(4-15,5-16)6-17/h1-3,15-17H,4-6H2,(H,13,18). The van der Waals surface area contributed by atoms with Crippen molar-refractivity contribution in [3.05, 3.63) is 38.9 Å². The van der Waals surface area contributed by atoms with Gasteiger partial charge in [-0.2, -0.15) is 0 Å². The van der Waals surface area contributed by atoms with Crippen molar-refractivity contribution in [2.75, 3.05) is 19.8 Å². The minimum Gasteiger partial charge on any atom is -0.394 e. The Bertz CT molecular complexity index is 509. The van der Waals surface area contributed by atoms with Gasteiger partial charge in [0.25, 0.3) is 11.6 Å². The quantitative estimate of drug-likeness (QED) is 0.421. The molecule has 0 heterocycles. The van der Waals surface area contributed by atoms with Crippen LogP contribution in [-0.4, -0.2) is 51.5 Å². The van der Waals surface area contributed by atoms with Crippen molar-refractivity contribution < 1.29 is 25.0 Å². The molecule has 1 rings (SSSR count). The van der Waals surface area contributed by atoms with Gasteiger partial charge in [0.2, 0.25) is 0 Å². The van der Waals surface area contributed by atoms with Gasteiger partial charge in [-0.15, -0.1) is 0 Å². The Morgan fingerprint density at radius 1 is 1.30 bits per heavy atom. The summed E-state index contributed by atoms with van der Waals surface area (Å²) in [6, 6.07) is 3.70. The van der Waals surface area contributed by atoms with Gasteiger partial charge in [0.15, 0.2) is 0 Å². The van der Waals surface area contributed by atoms with E-state index in [1.807, 2.05) is 0 Å². The van der Waals surface area contributed by atoms with E-state index >= 15 is 0 Å². The number of aliphatic hydroxyl groups is 3.